The van der Waals surface area contributed by atoms with Crippen LogP contribution in [0.5, 0.6) is 0 Å². The van der Waals surface area contributed by atoms with E-state index in [0.717, 1.165) is 29.7 Å². The number of benzene rings is 2. The van der Waals surface area contributed by atoms with Gasteiger partial charge in [0, 0.05) is 13.0 Å². The molecule has 118 valence electrons. The standard InChI is InChI=1S/C19H21N3O/c1-14-21-17-9-7-16(13-18(17)22-14)11-12-20-19(23)10-8-15-5-3-2-4-6-15/h2-7,9,13H,8,10-12H2,1H3,(H,20,23)(H,21,22). The zero-order chi connectivity index (χ0) is 16.1. The molecule has 3 aromatic rings. The molecule has 1 aromatic heterocycles. The molecule has 23 heavy (non-hydrogen) atoms. The number of hydrogen-bond donors (Lipinski definition) is 2. The van der Waals surface area contributed by atoms with Crippen molar-refractivity contribution in [2.24, 2.45) is 0 Å². The number of carbonyl (C=O) groups excluding carboxylic acids is 1. The number of nitrogens with zero attached hydrogens (tertiary/aromatic N) is 1. The van der Waals surface area contributed by atoms with E-state index in [1.165, 1.54) is 11.1 Å². The second kappa shape index (κ2) is 7.09. The van der Waals surface area contributed by atoms with Crippen molar-refractivity contribution in [3.63, 3.8) is 0 Å². The average Bonchev–Trinajstić information content (AvgIpc) is 2.93. The molecule has 1 heterocycles. The van der Waals surface area contributed by atoms with Gasteiger partial charge in [-0.1, -0.05) is 36.4 Å². The van der Waals surface area contributed by atoms with Gasteiger partial charge in [-0.15, -0.1) is 0 Å². The Kier molecular flexibility index (Phi) is 4.71. The zero-order valence-corrected chi connectivity index (χ0v) is 13.3. The molecule has 2 aromatic carbocycles. The van der Waals surface area contributed by atoms with E-state index in [1.807, 2.05) is 31.2 Å². The van der Waals surface area contributed by atoms with Crippen molar-refractivity contribution in [2.75, 3.05) is 6.54 Å². The van der Waals surface area contributed by atoms with Gasteiger partial charge in [0.25, 0.3) is 0 Å². The minimum absolute atomic E-state index is 0.104. The third-order valence-electron chi connectivity index (χ3n) is 3.88. The highest BCUT2D eigenvalue weighted by molar-refractivity contribution is 5.77. The minimum Gasteiger partial charge on any atom is -0.356 e. The lowest BCUT2D eigenvalue weighted by Gasteiger charge is -2.06. The van der Waals surface area contributed by atoms with Crippen molar-refractivity contribution in [1.29, 1.82) is 0 Å². The van der Waals surface area contributed by atoms with Gasteiger partial charge >= 0.3 is 0 Å². The first-order valence-corrected chi connectivity index (χ1v) is 7.96. The molecular formula is C19H21N3O. The Balaban J connectivity index is 1.45. The molecule has 4 heteroatoms. The number of H-pyrrole nitrogens is 1. The molecule has 0 aliphatic heterocycles. The molecule has 0 fully saturated rings. The fraction of sp³-hybridized carbons (Fsp3) is 0.263. The van der Waals surface area contributed by atoms with Crippen LogP contribution in [0.15, 0.2) is 48.5 Å². The predicted octanol–water partition coefficient (Wildman–Crippen LogP) is 3.16. The van der Waals surface area contributed by atoms with Crippen LogP contribution in [0.1, 0.15) is 23.4 Å². The summed E-state index contributed by atoms with van der Waals surface area (Å²) in [6, 6.07) is 16.3. The van der Waals surface area contributed by atoms with E-state index < -0.39 is 0 Å². The van der Waals surface area contributed by atoms with Crippen LogP contribution in [0.2, 0.25) is 0 Å². The summed E-state index contributed by atoms with van der Waals surface area (Å²) >= 11 is 0. The summed E-state index contributed by atoms with van der Waals surface area (Å²) in [5.41, 5.74) is 4.43. The van der Waals surface area contributed by atoms with E-state index in [9.17, 15) is 4.79 Å². The Morgan fingerprint density at radius 3 is 2.74 bits per heavy atom. The van der Waals surface area contributed by atoms with E-state index >= 15 is 0 Å². The number of aryl methyl sites for hydroxylation is 2. The van der Waals surface area contributed by atoms with E-state index in [0.29, 0.717) is 13.0 Å². The molecular weight excluding hydrogens is 286 g/mol. The molecule has 0 saturated carbocycles. The highest BCUT2D eigenvalue weighted by atomic mass is 16.1. The number of amides is 1. The fourth-order valence-electron chi connectivity index (χ4n) is 2.68. The van der Waals surface area contributed by atoms with Gasteiger partial charge < -0.3 is 10.3 Å². The molecule has 0 unspecified atom stereocenters. The highest BCUT2D eigenvalue weighted by Crippen LogP contribution is 2.13. The van der Waals surface area contributed by atoms with Crippen LogP contribution in [-0.2, 0) is 17.6 Å². The maximum absolute atomic E-state index is 11.9. The molecule has 4 nitrogen and oxygen atoms in total. The summed E-state index contributed by atoms with van der Waals surface area (Å²) in [5.74, 6) is 1.03. The van der Waals surface area contributed by atoms with E-state index in [2.05, 4.69) is 39.6 Å². The Morgan fingerprint density at radius 2 is 1.91 bits per heavy atom. The molecule has 2 N–H and O–H groups in total. The number of imidazole rings is 1. The predicted molar refractivity (Wildman–Crippen MR) is 92.3 cm³/mol. The van der Waals surface area contributed by atoms with Gasteiger partial charge in [-0.05, 0) is 43.0 Å². The Labute approximate surface area is 136 Å². The number of aromatic amines is 1. The second-order valence-electron chi connectivity index (χ2n) is 5.76. The molecule has 1 amide bonds. The van der Waals surface area contributed by atoms with Crippen molar-refractivity contribution in [3.8, 4) is 0 Å². The summed E-state index contributed by atoms with van der Waals surface area (Å²) in [6.45, 7) is 2.61. The van der Waals surface area contributed by atoms with Gasteiger partial charge in [-0.25, -0.2) is 4.98 Å². The first-order valence-electron chi connectivity index (χ1n) is 7.96. The molecule has 0 radical (unpaired) electrons. The maximum Gasteiger partial charge on any atom is 0.220 e. The number of fused-ring (bicyclic) bond motifs is 1. The SMILES string of the molecule is Cc1nc2ccc(CCNC(=O)CCc3ccccc3)cc2[nH]1. The number of aromatic nitrogens is 2. The van der Waals surface area contributed by atoms with Crippen molar-refractivity contribution in [2.45, 2.75) is 26.2 Å². The number of rotatable bonds is 6. The summed E-state index contributed by atoms with van der Waals surface area (Å²) in [4.78, 5) is 19.5. The topological polar surface area (TPSA) is 57.8 Å². The summed E-state index contributed by atoms with van der Waals surface area (Å²) in [5, 5.41) is 2.99. The van der Waals surface area contributed by atoms with Crippen LogP contribution >= 0.6 is 0 Å². The normalized spacial score (nSPS) is 10.8. The number of carbonyl (C=O) groups is 1. The monoisotopic (exact) mass is 307 g/mol. The third kappa shape index (κ3) is 4.19. The lowest BCUT2D eigenvalue weighted by atomic mass is 10.1. The average molecular weight is 307 g/mol. The van der Waals surface area contributed by atoms with Crippen LogP contribution in [0.3, 0.4) is 0 Å². The first-order chi connectivity index (χ1) is 11.2. The van der Waals surface area contributed by atoms with Gasteiger partial charge in [0.1, 0.15) is 5.82 Å². The Morgan fingerprint density at radius 1 is 1.09 bits per heavy atom. The van der Waals surface area contributed by atoms with Gasteiger partial charge in [0.2, 0.25) is 5.91 Å². The van der Waals surface area contributed by atoms with Crippen LogP contribution in [0.4, 0.5) is 0 Å². The summed E-state index contributed by atoms with van der Waals surface area (Å²) < 4.78 is 0. The summed E-state index contributed by atoms with van der Waals surface area (Å²) in [6.07, 6.45) is 2.14. The Hall–Kier alpha value is -2.62. The van der Waals surface area contributed by atoms with Crippen molar-refractivity contribution in [3.05, 3.63) is 65.5 Å². The highest BCUT2D eigenvalue weighted by Gasteiger charge is 2.04. The van der Waals surface area contributed by atoms with Gasteiger partial charge in [0.05, 0.1) is 11.0 Å². The van der Waals surface area contributed by atoms with Gasteiger partial charge in [-0.2, -0.15) is 0 Å². The Bertz CT molecular complexity index is 793. The lowest BCUT2D eigenvalue weighted by molar-refractivity contribution is -0.121. The second-order valence-corrected chi connectivity index (χ2v) is 5.76. The molecule has 0 bridgehead atoms. The largest absolute Gasteiger partial charge is 0.356 e. The molecule has 3 rings (SSSR count). The van der Waals surface area contributed by atoms with E-state index in [1.54, 1.807) is 0 Å². The van der Waals surface area contributed by atoms with Gasteiger partial charge in [0.15, 0.2) is 0 Å². The van der Waals surface area contributed by atoms with Crippen molar-refractivity contribution >= 4 is 16.9 Å². The molecule has 0 aliphatic rings. The lowest BCUT2D eigenvalue weighted by Crippen LogP contribution is -2.25. The number of hydrogen-bond acceptors (Lipinski definition) is 2. The molecule has 0 saturated heterocycles. The summed E-state index contributed by atoms with van der Waals surface area (Å²) in [7, 11) is 0. The van der Waals surface area contributed by atoms with Crippen LogP contribution in [0, 0.1) is 6.92 Å². The van der Waals surface area contributed by atoms with Gasteiger partial charge in [-0.3, -0.25) is 4.79 Å². The number of nitrogens with one attached hydrogen (secondary N) is 2. The van der Waals surface area contributed by atoms with Crippen LogP contribution in [0.25, 0.3) is 11.0 Å². The van der Waals surface area contributed by atoms with E-state index in [4.69, 9.17) is 0 Å². The van der Waals surface area contributed by atoms with Crippen LogP contribution in [-0.4, -0.2) is 22.4 Å². The molecule has 0 aliphatic carbocycles. The van der Waals surface area contributed by atoms with Crippen molar-refractivity contribution < 1.29 is 4.79 Å². The molecule has 0 spiro atoms. The zero-order valence-electron chi connectivity index (χ0n) is 13.3. The quantitative estimate of drug-likeness (QED) is 0.735. The fourth-order valence-corrected chi connectivity index (χ4v) is 2.68. The first kappa shape index (κ1) is 15.3. The minimum atomic E-state index is 0.104. The van der Waals surface area contributed by atoms with Crippen LogP contribution < -0.4 is 5.32 Å². The van der Waals surface area contributed by atoms with E-state index in [-0.39, 0.29) is 5.91 Å². The maximum atomic E-state index is 11.9. The molecule has 0 atom stereocenters. The third-order valence-corrected chi connectivity index (χ3v) is 3.88. The smallest absolute Gasteiger partial charge is 0.220 e. The van der Waals surface area contributed by atoms with Crippen molar-refractivity contribution in [1.82, 2.24) is 15.3 Å².